The lowest BCUT2D eigenvalue weighted by molar-refractivity contribution is -0.140. The van der Waals surface area contributed by atoms with E-state index < -0.39 is 34.3 Å². The van der Waals surface area contributed by atoms with E-state index in [1.54, 1.807) is 18.2 Å². The maximum Gasteiger partial charge on any atom is 0.264 e. The van der Waals surface area contributed by atoms with Crippen molar-refractivity contribution >= 4 is 55.1 Å². The summed E-state index contributed by atoms with van der Waals surface area (Å²) in [5.74, 6) is -1.72. The molecule has 0 bridgehead atoms. The van der Waals surface area contributed by atoms with Crippen LogP contribution in [-0.4, -0.2) is 43.8 Å². The number of hydrogen-bond donors (Lipinski definition) is 1. The Kier molecular flexibility index (Phi) is 11.8. The van der Waals surface area contributed by atoms with Gasteiger partial charge in [-0.1, -0.05) is 95.1 Å². The number of nitrogens with one attached hydrogen (secondary N) is 1. The molecule has 0 heterocycles. The molecule has 4 aromatic carbocycles. The summed E-state index contributed by atoms with van der Waals surface area (Å²) in [6.45, 7) is 3.17. The van der Waals surface area contributed by atoms with Gasteiger partial charge in [0.1, 0.15) is 18.4 Å². The van der Waals surface area contributed by atoms with E-state index >= 15 is 0 Å². The third kappa shape index (κ3) is 8.93. The molecule has 2 atom stereocenters. The van der Waals surface area contributed by atoms with Gasteiger partial charge in [0.15, 0.2) is 0 Å². The zero-order chi connectivity index (χ0) is 32.6. The summed E-state index contributed by atoms with van der Waals surface area (Å²) in [6.07, 6.45) is 0.870. The van der Waals surface area contributed by atoms with E-state index in [-0.39, 0.29) is 40.5 Å². The van der Waals surface area contributed by atoms with Crippen LogP contribution in [0.25, 0.3) is 0 Å². The second-order valence-corrected chi connectivity index (χ2v) is 13.8. The second-order valence-electron chi connectivity index (χ2n) is 10.6. The van der Waals surface area contributed by atoms with Crippen LogP contribution in [0, 0.1) is 5.82 Å². The third-order valence-corrected chi connectivity index (χ3v) is 9.89. The number of halogens is 3. The minimum Gasteiger partial charge on any atom is -0.352 e. The number of carbonyl (C=O) groups is 2. The summed E-state index contributed by atoms with van der Waals surface area (Å²) in [6, 6.07) is 26.6. The Labute approximate surface area is 277 Å². The first-order chi connectivity index (χ1) is 21.5. The van der Waals surface area contributed by atoms with Gasteiger partial charge in [0.25, 0.3) is 10.0 Å². The minimum atomic E-state index is -4.32. The summed E-state index contributed by atoms with van der Waals surface area (Å²) < 4.78 is 43.8. The van der Waals surface area contributed by atoms with Crippen molar-refractivity contribution in [2.45, 2.75) is 50.2 Å². The average Bonchev–Trinajstić information content (AvgIpc) is 3.03. The SMILES string of the molecule is CC[C@@H](C)NC(=O)[C@@H](Cc1ccccc1)N(Cc1cccc(Br)c1)C(=O)CN(c1ccc(F)c(Cl)c1)S(=O)(=O)c1ccccc1. The highest BCUT2D eigenvalue weighted by Crippen LogP contribution is 2.28. The van der Waals surface area contributed by atoms with Gasteiger partial charge in [0, 0.05) is 23.5 Å². The zero-order valence-electron chi connectivity index (χ0n) is 24.9. The number of sulfonamides is 1. The Morgan fingerprint density at radius 3 is 2.18 bits per heavy atom. The molecule has 0 saturated carbocycles. The van der Waals surface area contributed by atoms with Crippen LogP contribution in [0.3, 0.4) is 0 Å². The van der Waals surface area contributed by atoms with Gasteiger partial charge in [-0.25, -0.2) is 12.8 Å². The van der Waals surface area contributed by atoms with Gasteiger partial charge in [0.05, 0.1) is 15.6 Å². The van der Waals surface area contributed by atoms with Gasteiger partial charge >= 0.3 is 0 Å². The van der Waals surface area contributed by atoms with E-state index in [1.165, 1.54) is 29.2 Å². The van der Waals surface area contributed by atoms with Gasteiger partial charge in [-0.15, -0.1) is 0 Å². The van der Waals surface area contributed by atoms with Crippen molar-refractivity contribution in [1.29, 1.82) is 0 Å². The zero-order valence-corrected chi connectivity index (χ0v) is 28.0. The van der Waals surface area contributed by atoms with Crippen LogP contribution in [0.4, 0.5) is 10.1 Å². The third-order valence-electron chi connectivity index (χ3n) is 7.32. The van der Waals surface area contributed by atoms with Gasteiger partial charge in [0.2, 0.25) is 11.8 Å². The molecule has 2 amide bonds. The molecule has 0 aliphatic heterocycles. The Hall–Kier alpha value is -3.73. The van der Waals surface area contributed by atoms with Crippen molar-refractivity contribution < 1.29 is 22.4 Å². The van der Waals surface area contributed by atoms with Crippen LogP contribution >= 0.6 is 27.5 Å². The first-order valence-electron chi connectivity index (χ1n) is 14.4. The molecule has 236 valence electrons. The van der Waals surface area contributed by atoms with E-state index in [4.69, 9.17) is 11.6 Å². The highest BCUT2D eigenvalue weighted by atomic mass is 79.9. The van der Waals surface area contributed by atoms with Crippen LogP contribution in [0.5, 0.6) is 0 Å². The van der Waals surface area contributed by atoms with Gasteiger partial charge < -0.3 is 10.2 Å². The lowest BCUT2D eigenvalue weighted by Crippen LogP contribution is -2.54. The quantitative estimate of drug-likeness (QED) is 0.162. The number of anilines is 1. The monoisotopic (exact) mass is 713 g/mol. The summed E-state index contributed by atoms with van der Waals surface area (Å²) in [4.78, 5) is 29.7. The molecular formula is C34H34BrClFN3O4S. The van der Waals surface area contributed by atoms with Gasteiger partial charge in [-0.05, 0) is 66.9 Å². The van der Waals surface area contributed by atoms with E-state index in [9.17, 15) is 22.4 Å². The number of hydrogen-bond acceptors (Lipinski definition) is 4. The molecule has 0 saturated heterocycles. The summed E-state index contributed by atoms with van der Waals surface area (Å²) in [5, 5.41) is 2.71. The van der Waals surface area contributed by atoms with Gasteiger partial charge in [-0.2, -0.15) is 0 Å². The van der Waals surface area contributed by atoms with Crippen molar-refractivity contribution in [1.82, 2.24) is 10.2 Å². The number of benzene rings is 4. The predicted molar refractivity (Wildman–Crippen MR) is 179 cm³/mol. The van der Waals surface area contributed by atoms with E-state index in [0.29, 0.717) is 6.42 Å². The smallest absolute Gasteiger partial charge is 0.264 e. The summed E-state index contributed by atoms with van der Waals surface area (Å²) in [5.41, 5.74) is 1.56. The lowest BCUT2D eigenvalue weighted by atomic mass is 10.0. The topological polar surface area (TPSA) is 86.8 Å². The molecule has 0 spiro atoms. The Morgan fingerprint density at radius 2 is 1.56 bits per heavy atom. The number of rotatable bonds is 13. The molecule has 45 heavy (non-hydrogen) atoms. The number of carbonyl (C=O) groups excluding carboxylic acids is 2. The standard InChI is InChI=1S/C34H34BrClFN3O4S/c1-3-24(2)38-34(42)32(20-25-11-6-4-7-12-25)39(22-26-13-10-14-27(35)19-26)33(41)23-40(28-17-18-31(37)30(36)21-28)45(43,44)29-15-8-5-9-16-29/h4-19,21,24,32H,3,20,22-23H2,1-2H3,(H,38,42)/t24-,32-/m1/s1. The largest absolute Gasteiger partial charge is 0.352 e. The summed E-state index contributed by atoms with van der Waals surface area (Å²) in [7, 11) is -4.32. The van der Waals surface area contributed by atoms with Crippen LogP contribution in [-0.2, 0) is 32.6 Å². The average molecular weight is 715 g/mol. The van der Waals surface area contributed by atoms with Crippen LogP contribution in [0.1, 0.15) is 31.4 Å². The Balaban J connectivity index is 1.82. The molecule has 0 aromatic heterocycles. The van der Waals surface area contributed by atoms with Crippen molar-refractivity contribution in [3.05, 3.63) is 130 Å². The Bertz CT molecular complexity index is 1730. The molecule has 0 unspecified atom stereocenters. The number of nitrogens with zero attached hydrogens (tertiary/aromatic N) is 2. The molecule has 0 fully saturated rings. The molecule has 7 nitrogen and oxygen atoms in total. The highest BCUT2D eigenvalue weighted by Gasteiger charge is 2.35. The van der Waals surface area contributed by atoms with Crippen LogP contribution < -0.4 is 9.62 Å². The molecule has 1 N–H and O–H groups in total. The molecule has 0 radical (unpaired) electrons. The van der Waals surface area contributed by atoms with E-state index in [2.05, 4.69) is 21.2 Å². The van der Waals surface area contributed by atoms with Gasteiger partial charge in [-0.3, -0.25) is 13.9 Å². The molecule has 0 aliphatic rings. The maximum absolute atomic E-state index is 14.5. The first kappa shape index (κ1) is 34.1. The maximum atomic E-state index is 14.5. The van der Waals surface area contributed by atoms with E-state index in [0.717, 1.165) is 26.0 Å². The second kappa shape index (κ2) is 15.5. The molecular weight excluding hydrogens is 681 g/mol. The van der Waals surface area contributed by atoms with Crippen LogP contribution in [0.15, 0.2) is 112 Å². The van der Waals surface area contributed by atoms with Crippen molar-refractivity contribution in [3.63, 3.8) is 0 Å². The highest BCUT2D eigenvalue weighted by molar-refractivity contribution is 9.10. The van der Waals surface area contributed by atoms with Crippen molar-refractivity contribution in [2.75, 3.05) is 10.8 Å². The number of amides is 2. The fraction of sp³-hybridized carbons (Fsp3) is 0.235. The molecule has 0 aliphatic carbocycles. The molecule has 4 aromatic rings. The summed E-state index contributed by atoms with van der Waals surface area (Å²) >= 11 is 9.54. The molecule has 4 rings (SSSR count). The van der Waals surface area contributed by atoms with Crippen molar-refractivity contribution in [3.8, 4) is 0 Å². The fourth-order valence-electron chi connectivity index (χ4n) is 4.72. The Morgan fingerprint density at radius 1 is 0.911 bits per heavy atom. The van der Waals surface area contributed by atoms with E-state index in [1.807, 2.05) is 68.4 Å². The minimum absolute atomic E-state index is 0.00433. The van der Waals surface area contributed by atoms with Crippen molar-refractivity contribution in [2.24, 2.45) is 0 Å². The normalized spacial score (nSPS) is 12.6. The predicted octanol–water partition coefficient (Wildman–Crippen LogP) is 6.99. The lowest BCUT2D eigenvalue weighted by Gasteiger charge is -2.34. The molecule has 11 heteroatoms. The fourth-order valence-corrected chi connectivity index (χ4v) is 6.76. The van der Waals surface area contributed by atoms with Crippen LogP contribution in [0.2, 0.25) is 5.02 Å². The first-order valence-corrected chi connectivity index (χ1v) is 17.0.